The summed E-state index contributed by atoms with van der Waals surface area (Å²) in [6.45, 7) is 3.17. The number of carboxylic acid groups (broad SMARTS) is 1. The zero-order valence-corrected chi connectivity index (χ0v) is 22.6. The maximum absolute atomic E-state index is 14.9. The Morgan fingerprint density at radius 3 is 2.02 bits per heavy atom. The lowest BCUT2D eigenvalue weighted by atomic mass is 9.67. The van der Waals surface area contributed by atoms with Gasteiger partial charge >= 0.3 is 13.3 Å². The van der Waals surface area contributed by atoms with Gasteiger partial charge in [-0.2, -0.15) is 0 Å². The van der Waals surface area contributed by atoms with E-state index in [2.05, 4.69) is 0 Å². The number of benzene rings is 3. The highest BCUT2D eigenvalue weighted by Gasteiger charge is 2.67. The number of fused-ring (bicyclic) bond motifs is 1. The lowest BCUT2D eigenvalue weighted by molar-refractivity contribution is -0.384. The maximum atomic E-state index is 14.9. The molecule has 0 aliphatic carbocycles. The number of aliphatic carboxylic acids is 1. The summed E-state index contributed by atoms with van der Waals surface area (Å²) in [6, 6.07) is 21.8. The number of aliphatic hydroxyl groups excluding tert-OH is 1. The molecule has 3 aromatic carbocycles. The first-order chi connectivity index (χ1) is 19.0. The summed E-state index contributed by atoms with van der Waals surface area (Å²) < 4.78 is 21.3. The second-order valence-corrected chi connectivity index (χ2v) is 12.6. The molecule has 2 heterocycles. The number of nitrogens with zero attached hydrogens (tertiary/aromatic N) is 2. The van der Waals surface area contributed by atoms with Crippen molar-refractivity contribution in [3.8, 4) is 0 Å². The Balaban J connectivity index is 1.69. The van der Waals surface area contributed by atoms with Gasteiger partial charge in [-0.05, 0) is 43.2 Å². The molecule has 5 rings (SSSR count). The second-order valence-electron chi connectivity index (χ2n) is 10.2. The third-order valence-electron chi connectivity index (χ3n) is 7.62. The van der Waals surface area contributed by atoms with Crippen molar-refractivity contribution in [3.05, 3.63) is 112 Å². The van der Waals surface area contributed by atoms with Crippen LogP contribution in [-0.2, 0) is 25.1 Å². The fraction of sp³-hybridized carbons (Fsp3) is 0.241. The summed E-state index contributed by atoms with van der Waals surface area (Å²) in [5.41, 5.74) is -1.18. The summed E-state index contributed by atoms with van der Waals surface area (Å²) in [7, 11) is -3.96. The predicted octanol–water partition coefficient (Wildman–Crippen LogP) is 3.61. The second kappa shape index (κ2) is 10.0. The van der Waals surface area contributed by atoms with Crippen LogP contribution in [0, 0.1) is 21.4 Å². The molecule has 11 heteroatoms. The first kappa shape index (κ1) is 27.3. The van der Waals surface area contributed by atoms with Gasteiger partial charge in [0.05, 0.1) is 39.0 Å². The summed E-state index contributed by atoms with van der Waals surface area (Å²) >= 11 is 0. The minimum Gasteiger partial charge on any atom is -0.476 e. The zero-order chi connectivity index (χ0) is 28.8. The summed E-state index contributed by atoms with van der Waals surface area (Å²) in [5.74, 6) is -3.07. The monoisotopic (exact) mass is 562 g/mol. The molecule has 10 nitrogen and oxygen atoms in total. The third-order valence-corrected chi connectivity index (χ3v) is 10.0. The van der Waals surface area contributed by atoms with Gasteiger partial charge in [-0.3, -0.25) is 24.4 Å². The van der Waals surface area contributed by atoms with Gasteiger partial charge in [-0.25, -0.2) is 4.79 Å². The molecule has 2 aliphatic heterocycles. The number of carboxylic acids is 1. The van der Waals surface area contributed by atoms with E-state index < -0.39 is 53.3 Å². The molecule has 1 amide bonds. The van der Waals surface area contributed by atoms with Crippen LogP contribution >= 0.6 is 7.37 Å². The molecule has 0 aromatic heterocycles. The quantitative estimate of drug-likeness (QED) is 0.174. The molecule has 0 saturated carbocycles. The normalized spacial score (nSPS) is 22.9. The summed E-state index contributed by atoms with van der Waals surface area (Å²) in [6.07, 6.45) is -0.993. The molecule has 0 spiro atoms. The number of hydrogen-bond donors (Lipinski definition) is 2. The van der Waals surface area contributed by atoms with Crippen LogP contribution in [0.1, 0.15) is 19.4 Å². The van der Waals surface area contributed by atoms with Crippen molar-refractivity contribution in [2.45, 2.75) is 32.4 Å². The number of non-ortho nitro benzene ring substituents is 1. The van der Waals surface area contributed by atoms with E-state index in [0.717, 1.165) is 4.90 Å². The van der Waals surface area contributed by atoms with Crippen molar-refractivity contribution in [1.29, 1.82) is 0 Å². The molecule has 0 radical (unpaired) electrons. The highest BCUT2D eigenvalue weighted by Crippen LogP contribution is 2.60. The van der Waals surface area contributed by atoms with Gasteiger partial charge in [-0.1, -0.05) is 55.5 Å². The third kappa shape index (κ3) is 4.29. The number of nitro benzene ring substituents is 1. The standard InChI is InChI=1S/C29H27N2O8P/c1-18(32)23-25-29(2,17-19-13-15-20(16-14-19)31(36)37)26(24(28(34)35)30(25)27(23)33)39-40(38,21-9-5-3-6-10-21)22-11-7-4-8-12-22/h3-16,18,23,25,32H,17H2,1-2H3,(H,34,35)/t18-,23-,25+,29-/m1/s1. The lowest BCUT2D eigenvalue weighted by Gasteiger charge is -2.50. The Labute approximate surface area is 230 Å². The Kier molecular flexibility index (Phi) is 6.85. The van der Waals surface area contributed by atoms with E-state index in [9.17, 15) is 34.5 Å². The number of aliphatic hydroxyl groups is 1. The minimum atomic E-state index is -3.96. The fourth-order valence-corrected chi connectivity index (χ4v) is 7.94. The maximum Gasteiger partial charge on any atom is 0.356 e. The van der Waals surface area contributed by atoms with E-state index in [1.807, 2.05) is 0 Å². The number of β-lactam (4-membered cyclic amide) rings is 1. The Morgan fingerprint density at radius 1 is 1.05 bits per heavy atom. The highest BCUT2D eigenvalue weighted by atomic mass is 31.2. The molecule has 1 saturated heterocycles. The lowest BCUT2D eigenvalue weighted by Crippen LogP contribution is -2.66. The Morgan fingerprint density at radius 2 is 1.57 bits per heavy atom. The smallest absolute Gasteiger partial charge is 0.356 e. The van der Waals surface area contributed by atoms with Crippen LogP contribution in [0.5, 0.6) is 0 Å². The molecular weight excluding hydrogens is 535 g/mol. The number of amides is 1. The first-order valence-corrected chi connectivity index (χ1v) is 14.2. The van der Waals surface area contributed by atoms with Gasteiger partial charge in [0.25, 0.3) is 5.69 Å². The highest BCUT2D eigenvalue weighted by molar-refractivity contribution is 7.74. The van der Waals surface area contributed by atoms with E-state index in [0.29, 0.717) is 16.2 Å². The van der Waals surface area contributed by atoms with E-state index in [-0.39, 0.29) is 17.9 Å². The van der Waals surface area contributed by atoms with Crippen LogP contribution in [0.25, 0.3) is 0 Å². The van der Waals surface area contributed by atoms with Crippen LogP contribution in [0.3, 0.4) is 0 Å². The van der Waals surface area contributed by atoms with Crippen molar-refractivity contribution in [2.75, 3.05) is 0 Å². The number of rotatable bonds is 9. The molecule has 2 aliphatic rings. The number of nitro groups is 1. The van der Waals surface area contributed by atoms with Gasteiger partial charge in [-0.15, -0.1) is 0 Å². The van der Waals surface area contributed by atoms with Gasteiger partial charge in [0.2, 0.25) is 5.91 Å². The molecular formula is C29H27N2O8P. The summed E-state index contributed by atoms with van der Waals surface area (Å²) in [4.78, 5) is 37.6. The average molecular weight is 563 g/mol. The average Bonchev–Trinajstić information content (AvgIpc) is 3.14. The zero-order valence-electron chi connectivity index (χ0n) is 21.7. The predicted molar refractivity (Wildman–Crippen MR) is 146 cm³/mol. The molecule has 0 bridgehead atoms. The molecule has 4 atom stereocenters. The fourth-order valence-electron chi connectivity index (χ4n) is 5.75. The van der Waals surface area contributed by atoms with Crippen molar-refractivity contribution in [1.82, 2.24) is 4.90 Å². The van der Waals surface area contributed by atoms with Gasteiger partial charge < -0.3 is 14.7 Å². The van der Waals surface area contributed by atoms with Gasteiger partial charge in [0.15, 0.2) is 5.70 Å². The number of hydrogen-bond acceptors (Lipinski definition) is 7. The van der Waals surface area contributed by atoms with E-state index in [4.69, 9.17) is 4.52 Å². The first-order valence-electron chi connectivity index (χ1n) is 12.6. The number of carbonyl (C=O) groups is 2. The van der Waals surface area contributed by atoms with Crippen LogP contribution in [-0.4, -0.2) is 44.1 Å². The van der Waals surface area contributed by atoms with E-state index in [1.165, 1.54) is 19.1 Å². The minimum absolute atomic E-state index is 0.0956. The van der Waals surface area contributed by atoms with Gasteiger partial charge in [0.1, 0.15) is 5.76 Å². The van der Waals surface area contributed by atoms with Crippen LogP contribution in [0.15, 0.2) is 96.4 Å². The van der Waals surface area contributed by atoms with Crippen LogP contribution < -0.4 is 10.6 Å². The Hall–Kier alpha value is -4.27. The van der Waals surface area contributed by atoms with E-state index in [1.54, 1.807) is 79.7 Å². The SMILES string of the molecule is C[C@@H](O)[C@H]1C(=O)N2C(C(=O)O)=C(OP(=O)(c3ccccc3)c3ccccc3)[C@](C)(Cc3ccc([N+](=O)[O-])cc3)[C@H]12. The van der Waals surface area contributed by atoms with Crippen molar-refractivity contribution >= 4 is 35.5 Å². The van der Waals surface area contributed by atoms with Crippen molar-refractivity contribution in [2.24, 2.45) is 11.3 Å². The number of carbonyl (C=O) groups excluding carboxylic acids is 1. The summed E-state index contributed by atoms with van der Waals surface area (Å²) in [5, 5.41) is 32.7. The van der Waals surface area contributed by atoms with E-state index >= 15 is 0 Å². The van der Waals surface area contributed by atoms with Crippen LogP contribution in [0.4, 0.5) is 5.69 Å². The molecule has 2 N–H and O–H groups in total. The molecule has 3 aromatic rings. The molecule has 1 fully saturated rings. The van der Waals surface area contributed by atoms with Crippen molar-refractivity contribution < 1.29 is 33.8 Å². The van der Waals surface area contributed by atoms with Crippen molar-refractivity contribution in [3.63, 3.8) is 0 Å². The largest absolute Gasteiger partial charge is 0.476 e. The molecule has 206 valence electrons. The molecule has 40 heavy (non-hydrogen) atoms. The van der Waals surface area contributed by atoms with Gasteiger partial charge in [0, 0.05) is 12.1 Å². The van der Waals surface area contributed by atoms with Crippen LogP contribution in [0.2, 0.25) is 0 Å². The topological polar surface area (TPSA) is 147 Å². The Bertz CT molecular complexity index is 1510. The molecule has 0 unspecified atom stereocenters.